The van der Waals surface area contributed by atoms with Crippen LogP contribution in [0.25, 0.3) is 5.57 Å². The molecule has 1 aliphatic rings. The first-order chi connectivity index (χ1) is 7.33. The van der Waals surface area contributed by atoms with Crippen LogP contribution < -0.4 is 0 Å². The summed E-state index contributed by atoms with van der Waals surface area (Å²) >= 11 is 0. The second kappa shape index (κ2) is 4.01. The van der Waals surface area contributed by atoms with Crippen LogP contribution in [0.2, 0.25) is 0 Å². The quantitative estimate of drug-likeness (QED) is 0.538. The van der Waals surface area contributed by atoms with Crippen molar-refractivity contribution in [3.8, 4) is 0 Å². The molecule has 0 aliphatic heterocycles. The third-order valence-corrected chi connectivity index (χ3v) is 3.25. The Morgan fingerprint density at radius 1 is 1.33 bits per heavy atom. The molecule has 1 unspecified atom stereocenters. The Hall–Kier alpha value is -1.37. The largest absolute Gasteiger partial charge is 0.298 e. The predicted molar refractivity (Wildman–Crippen MR) is 62.7 cm³/mol. The van der Waals surface area contributed by atoms with Gasteiger partial charge in [0, 0.05) is 5.92 Å². The van der Waals surface area contributed by atoms with Gasteiger partial charge in [0.25, 0.3) is 0 Å². The summed E-state index contributed by atoms with van der Waals surface area (Å²) < 4.78 is 0. The van der Waals surface area contributed by atoms with E-state index >= 15 is 0 Å². The lowest BCUT2D eigenvalue weighted by Crippen LogP contribution is -2.17. The Morgan fingerprint density at radius 2 is 2.07 bits per heavy atom. The highest BCUT2D eigenvalue weighted by Gasteiger charge is 2.31. The summed E-state index contributed by atoms with van der Waals surface area (Å²) in [5.74, 6) is 0.487. The van der Waals surface area contributed by atoms with Gasteiger partial charge in [-0.2, -0.15) is 0 Å². The van der Waals surface area contributed by atoms with E-state index in [-0.39, 0.29) is 0 Å². The normalized spacial score (nSPS) is 21.6. The first-order valence-electron chi connectivity index (χ1n) is 5.61. The van der Waals surface area contributed by atoms with E-state index in [1.807, 2.05) is 13.0 Å². The zero-order valence-corrected chi connectivity index (χ0v) is 9.29. The lowest BCUT2D eigenvalue weighted by Gasteiger charge is -2.34. The maximum Gasteiger partial charge on any atom is 0.146 e. The van der Waals surface area contributed by atoms with Crippen LogP contribution in [0.5, 0.6) is 0 Å². The van der Waals surface area contributed by atoms with E-state index in [1.54, 1.807) is 0 Å². The fourth-order valence-electron chi connectivity index (χ4n) is 2.47. The van der Waals surface area contributed by atoms with Crippen molar-refractivity contribution in [1.29, 1.82) is 0 Å². The van der Waals surface area contributed by atoms with Crippen LogP contribution in [0.3, 0.4) is 0 Å². The Balaban J connectivity index is 2.53. The van der Waals surface area contributed by atoms with E-state index in [0.29, 0.717) is 5.92 Å². The standard InChI is InChI=1S/C14H16O/c1-3-10(9-15)14-11(4-2)12-7-5-6-8-13(12)14/h5-9,11H,3-4H2,1-2H3/b14-10+. The van der Waals surface area contributed by atoms with Crippen molar-refractivity contribution < 1.29 is 4.79 Å². The van der Waals surface area contributed by atoms with Crippen LogP contribution in [0.1, 0.15) is 43.7 Å². The van der Waals surface area contributed by atoms with Gasteiger partial charge in [-0.3, -0.25) is 4.79 Å². The molecule has 0 amide bonds. The number of hydrogen-bond donors (Lipinski definition) is 0. The zero-order valence-electron chi connectivity index (χ0n) is 9.29. The van der Waals surface area contributed by atoms with Crippen molar-refractivity contribution in [3.05, 3.63) is 41.0 Å². The average molecular weight is 200 g/mol. The molecule has 0 fully saturated rings. The first-order valence-corrected chi connectivity index (χ1v) is 5.61. The molecule has 78 valence electrons. The van der Waals surface area contributed by atoms with Crippen molar-refractivity contribution in [1.82, 2.24) is 0 Å². The number of allylic oxidation sites excluding steroid dienone is 2. The van der Waals surface area contributed by atoms with Gasteiger partial charge in [-0.15, -0.1) is 0 Å². The second-order valence-corrected chi connectivity index (χ2v) is 3.96. The molecule has 0 heterocycles. The molecule has 0 spiro atoms. The van der Waals surface area contributed by atoms with Crippen molar-refractivity contribution in [2.45, 2.75) is 32.6 Å². The molecule has 0 N–H and O–H groups in total. The minimum Gasteiger partial charge on any atom is -0.298 e. The van der Waals surface area contributed by atoms with Gasteiger partial charge in [-0.05, 0) is 35.1 Å². The van der Waals surface area contributed by atoms with Crippen molar-refractivity contribution in [3.63, 3.8) is 0 Å². The van der Waals surface area contributed by atoms with Gasteiger partial charge in [0.05, 0.1) is 0 Å². The highest BCUT2D eigenvalue weighted by atomic mass is 16.1. The molecular weight excluding hydrogens is 184 g/mol. The van der Waals surface area contributed by atoms with Crippen molar-refractivity contribution in [2.75, 3.05) is 0 Å². The molecule has 1 aromatic carbocycles. The lowest BCUT2D eigenvalue weighted by atomic mass is 9.69. The molecule has 1 nitrogen and oxygen atoms in total. The minimum atomic E-state index is 0.487. The molecular formula is C14H16O. The Kier molecular flexibility index (Phi) is 2.72. The Morgan fingerprint density at radius 3 is 2.67 bits per heavy atom. The van der Waals surface area contributed by atoms with E-state index in [9.17, 15) is 4.79 Å². The number of hydrogen-bond acceptors (Lipinski definition) is 1. The fraction of sp³-hybridized carbons (Fsp3) is 0.357. The van der Waals surface area contributed by atoms with E-state index in [2.05, 4.69) is 25.1 Å². The average Bonchev–Trinajstić information content (AvgIpc) is 2.27. The highest BCUT2D eigenvalue weighted by Crippen LogP contribution is 2.49. The van der Waals surface area contributed by atoms with Gasteiger partial charge in [0.1, 0.15) is 6.29 Å². The smallest absolute Gasteiger partial charge is 0.146 e. The van der Waals surface area contributed by atoms with Crippen LogP contribution >= 0.6 is 0 Å². The number of fused-ring (bicyclic) bond motifs is 1. The monoisotopic (exact) mass is 200 g/mol. The van der Waals surface area contributed by atoms with Gasteiger partial charge in [0.2, 0.25) is 0 Å². The molecule has 15 heavy (non-hydrogen) atoms. The Labute approximate surface area is 90.8 Å². The van der Waals surface area contributed by atoms with Crippen molar-refractivity contribution in [2.24, 2.45) is 0 Å². The third-order valence-electron chi connectivity index (χ3n) is 3.25. The maximum atomic E-state index is 11.0. The first kappa shape index (κ1) is 10.2. The van der Waals surface area contributed by atoms with Crippen LogP contribution in [0.4, 0.5) is 0 Å². The number of aldehydes is 1. The summed E-state index contributed by atoms with van der Waals surface area (Å²) in [6.07, 6.45) is 2.95. The summed E-state index contributed by atoms with van der Waals surface area (Å²) in [4.78, 5) is 11.0. The maximum absolute atomic E-state index is 11.0. The number of carbonyl (C=O) groups excluding carboxylic acids is 1. The van der Waals surface area contributed by atoms with Crippen LogP contribution in [0, 0.1) is 0 Å². The topological polar surface area (TPSA) is 17.1 Å². The molecule has 2 rings (SSSR count). The van der Waals surface area contributed by atoms with Gasteiger partial charge in [-0.1, -0.05) is 38.1 Å². The van der Waals surface area contributed by atoms with Crippen molar-refractivity contribution >= 4 is 11.9 Å². The molecule has 0 radical (unpaired) electrons. The molecule has 1 atom stereocenters. The van der Waals surface area contributed by atoms with E-state index in [4.69, 9.17) is 0 Å². The summed E-state index contributed by atoms with van der Waals surface area (Å²) in [5, 5.41) is 0. The van der Waals surface area contributed by atoms with E-state index in [1.165, 1.54) is 16.7 Å². The molecule has 1 aromatic rings. The number of carbonyl (C=O) groups is 1. The molecule has 0 saturated carbocycles. The van der Waals surface area contributed by atoms with Gasteiger partial charge in [-0.25, -0.2) is 0 Å². The molecule has 1 aliphatic carbocycles. The number of rotatable bonds is 3. The van der Waals surface area contributed by atoms with E-state index < -0.39 is 0 Å². The van der Waals surface area contributed by atoms with Crippen LogP contribution in [0.15, 0.2) is 29.8 Å². The second-order valence-electron chi connectivity index (χ2n) is 3.96. The summed E-state index contributed by atoms with van der Waals surface area (Å²) in [5.41, 5.74) is 4.95. The summed E-state index contributed by atoms with van der Waals surface area (Å²) in [6.45, 7) is 4.23. The fourth-order valence-corrected chi connectivity index (χ4v) is 2.47. The zero-order chi connectivity index (χ0) is 10.8. The number of benzene rings is 1. The Bertz CT molecular complexity index is 415. The minimum absolute atomic E-state index is 0.487. The summed E-state index contributed by atoms with van der Waals surface area (Å²) in [7, 11) is 0. The van der Waals surface area contributed by atoms with Crippen LogP contribution in [-0.4, -0.2) is 6.29 Å². The molecule has 1 heteroatoms. The molecule has 0 saturated heterocycles. The summed E-state index contributed by atoms with van der Waals surface area (Å²) in [6, 6.07) is 8.41. The van der Waals surface area contributed by atoms with Gasteiger partial charge in [0.15, 0.2) is 0 Å². The SMILES string of the molecule is CC/C(C=O)=C1\c2ccccc2C1CC. The van der Waals surface area contributed by atoms with E-state index in [0.717, 1.165) is 24.7 Å². The lowest BCUT2D eigenvalue weighted by molar-refractivity contribution is -0.105. The van der Waals surface area contributed by atoms with Gasteiger partial charge < -0.3 is 0 Å². The predicted octanol–water partition coefficient (Wildman–Crippen LogP) is 3.56. The molecule has 0 aromatic heterocycles. The van der Waals surface area contributed by atoms with Crippen LogP contribution in [-0.2, 0) is 4.79 Å². The van der Waals surface area contributed by atoms with Gasteiger partial charge >= 0.3 is 0 Å². The highest BCUT2D eigenvalue weighted by molar-refractivity contribution is 5.96. The third kappa shape index (κ3) is 1.43. The molecule has 0 bridgehead atoms.